The van der Waals surface area contributed by atoms with Crippen molar-refractivity contribution in [2.45, 2.75) is 65.0 Å². The summed E-state index contributed by atoms with van der Waals surface area (Å²) in [4.78, 5) is 26.4. The van der Waals surface area contributed by atoms with Crippen molar-refractivity contribution in [1.29, 1.82) is 0 Å². The number of carbonyl (C=O) groups is 2. The molecule has 2 aliphatic heterocycles. The Kier molecular flexibility index (Phi) is 6.48. The second-order valence-corrected chi connectivity index (χ2v) is 9.99. The molecule has 1 fully saturated rings. The van der Waals surface area contributed by atoms with Gasteiger partial charge >= 0.3 is 6.03 Å². The molecule has 0 aromatic heterocycles. The van der Waals surface area contributed by atoms with E-state index in [1.54, 1.807) is 0 Å². The van der Waals surface area contributed by atoms with Crippen molar-refractivity contribution in [3.05, 3.63) is 23.8 Å². The molecule has 0 bridgehead atoms. The number of fused-ring (bicyclic) bond motifs is 1. The molecule has 7 heteroatoms. The molecule has 2 N–H and O–H groups in total. The maximum absolute atomic E-state index is 12.3. The predicted octanol–water partition coefficient (Wildman–Crippen LogP) is 3.12. The van der Waals surface area contributed by atoms with E-state index in [1.165, 1.54) is 0 Å². The average molecular weight is 418 g/mol. The SMILES string of the molecule is CC(C)(C)NC(=O)N1CCC(CNC(=O)COc2cccc3c2OC(C)(C)C3)CC1. The van der Waals surface area contributed by atoms with Crippen molar-refractivity contribution < 1.29 is 19.1 Å². The third-order valence-corrected chi connectivity index (χ3v) is 5.39. The summed E-state index contributed by atoms with van der Waals surface area (Å²) < 4.78 is 11.7. The van der Waals surface area contributed by atoms with Gasteiger partial charge in [-0.05, 0) is 59.4 Å². The van der Waals surface area contributed by atoms with Gasteiger partial charge in [-0.2, -0.15) is 0 Å². The van der Waals surface area contributed by atoms with Crippen molar-refractivity contribution in [1.82, 2.24) is 15.5 Å². The highest BCUT2D eigenvalue weighted by Gasteiger charge is 2.32. The molecule has 2 aliphatic rings. The molecule has 0 radical (unpaired) electrons. The fourth-order valence-electron chi connectivity index (χ4n) is 3.89. The molecule has 0 spiro atoms. The normalized spacial score (nSPS) is 18.4. The summed E-state index contributed by atoms with van der Waals surface area (Å²) in [6.45, 7) is 12.0. The summed E-state index contributed by atoms with van der Waals surface area (Å²) in [6.07, 6.45) is 2.60. The lowest BCUT2D eigenvalue weighted by molar-refractivity contribution is -0.123. The summed E-state index contributed by atoms with van der Waals surface area (Å²) in [5.74, 6) is 1.60. The van der Waals surface area contributed by atoms with Crippen LogP contribution in [-0.2, 0) is 11.2 Å². The molecular weight excluding hydrogens is 382 g/mol. The smallest absolute Gasteiger partial charge is 0.317 e. The van der Waals surface area contributed by atoms with Crippen LogP contribution in [0.3, 0.4) is 0 Å². The van der Waals surface area contributed by atoms with E-state index in [9.17, 15) is 9.59 Å². The first-order valence-corrected chi connectivity index (χ1v) is 10.8. The topological polar surface area (TPSA) is 79.9 Å². The van der Waals surface area contributed by atoms with Gasteiger partial charge in [0.25, 0.3) is 5.91 Å². The minimum absolute atomic E-state index is 0.0147. The van der Waals surface area contributed by atoms with Crippen molar-refractivity contribution >= 4 is 11.9 Å². The number of piperidine rings is 1. The lowest BCUT2D eigenvalue weighted by atomic mass is 9.97. The summed E-state index contributed by atoms with van der Waals surface area (Å²) in [6, 6.07) is 5.79. The molecule has 1 aromatic carbocycles. The number of likely N-dealkylation sites (tertiary alicyclic amines) is 1. The Balaban J connectivity index is 1.39. The standard InChI is InChI=1S/C23H35N3O4/c1-22(2,3)25-21(28)26-11-9-16(10-12-26)14-24-19(27)15-29-18-8-6-7-17-13-23(4,5)30-20(17)18/h6-8,16H,9-15H2,1-5H3,(H,24,27)(H,25,28). The third kappa shape index (κ3) is 6.03. The number of benzene rings is 1. The van der Waals surface area contributed by atoms with Crippen LogP contribution >= 0.6 is 0 Å². The minimum atomic E-state index is -0.247. The second-order valence-electron chi connectivity index (χ2n) is 9.99. The first-order valence-electron chi connectivity index (χ1n) is 10.8. The van der Waals surface area contributed by atoms with Crippen molar-refractivity contribution in [3.63, 3.8) is 0 Å². The van der Waals surface area contributed by atoms with Gasteiger partial charge in [0.05, 0.1) is 0 Å². The number of nitrogens with zero attached hydrogens (tertiary/aromatic N) is 1. The second kappa shape index (κ2) is 8.74. The van der Waals surface area contributed by atoms with Gasteiger partial charge in [0.1, 0.15) is 5.60 Å². The number of ether oxygens (including phenoxy) is 2. The number of carbonyl (C=O) groups excluding carboxylic acids is 2. The Hall–Kier alpha value is -2.44. The molecule has 3 amide bonds. The lowest BCUT2D eigenvalue weighted by Gasteiger charge is -2.34. The maximum Gasteiger partial charge on any atom is 0.317 e. The van der Waals surface area contributed by atoms with Gasteiger partial charge in [0, 0.05) is 37.2 Å². The number of hydrogen-bond acceptors (Lipinski definition) is 4. The molecule has 2 heterocycles. The van der Waals surface area contributed by atoms with Crippen LogP contribution in [0.15, 0.2) is 18.2 Å². The van der Waals surface area contributed by atoms with E-state index in [2.05, 4.69) is 10.6 Å². The van der Waals surface area contributed by atoms with Crippen LogP contribution < -0.4 is 20.1 Å². The summed E-state index contributed by atoms with van der Waals surface area (Å²) in [5.41, 5.74) is 0.629. The van der Waals surface area contributed by atoms with E-state index >= 15 is 0 Å². The Labute approximate surface area is 179 Å². The molecular formula is C23H35N3O4. The minimum Gasteiger partial charge on any atom is -0.483 e. The highest BCUT2D eigenvalue weighted by Crippen LogP contribution is 2.41. The molecule has 0 atom stereocenters. The zero-order valence-electron chi connectivity index (χ0n) is 18.8. The van der Waals surface area contributed by atoms with E-state index < -0.39 is 0 Å². The van der Waals surface area contributed by atoms with Crippen LogP contribution in [0.5, 0.6) is 11.5 Å². The number of urea groups is 1. The van der Waals surface area contributed by atoms with Gasteiger partial charge in [-0.3, -0.25) is 4.79 Å². The largest absolute Gasteiger partial charge is 0.483 e. The average Bonchev–Trinajstić information content (AvgIpc) is 2.98. The van der Waals surface area contributed by atoms with E-state index in [-0.39, 0.29) is 29.7 Å². The Morgan fingerprint density at radius 1 is 1.23 bits per heavy atom. The van der Waals surface area contributed by atoms with Crippen LogP contribution in [0.25, 0.3) is 0 Å². The number of nitrogens with one attached hydrogen (secondary N) is 2. The van der Waals surface area contributed by atoms with Crippen LogP contribution in [0.2, 0.25) is 0 Å². The number of hydrogen-bond donors (Lipinski definition) is 2. The zero-order valence-corrected chi connectivity index (χ0v) is 18.8. The lowest BCUT2D eigenvalue weighted by Crippen LogP contribution is -2.51. The van der Waals surface area contributed by atoms with Gasteiger partial charge < -0.3 is 25.0 Å². The van der Waals surface area contributed by atoms with Crippen LogP contribution in [0.1, 0.15) is 53.0 Å². The van der Waals surface area contributed by atoms with Gasteiger partial charge in [-0.15, -0.1) is 0 Å². The Bertz CT molecular complexity index is 777. The highest BCUT2D eigenvalue weighted by atomic mass is 16.5. The monoisotopic (exact) mass is 417 g/mol. The zero-order chi connectivity index (χ0) is 21.9. The molecule has 0 aliphatic carbocycles. The number of amides is 3. The molecule has 7 nitrogen and oxygen atoms in total. The van der Waals surface area contributed by atoms with Crippen molar-refractivity contribution in [3.8, 4) is 11.5 Å². The van der Waals surface area contributed by atoms with Crippen LogP contribution in [-0.4, -0.2) is 54.2 Å². The van der Waals surface area contributed by atoms with E-state index in [0.29, 0.717) is 31.3 Å². The van der Waals surface area contributed by atoms with Crippen molar-refractivity contribution in [2.75, 3.05) is 26.2 Å². The Morgan fingerprint density at radius 2 is 1.93 bits per heavy atom. The van der Waals surface area contributed by atoms with Gasteiger partial charge in [0.15, 0.2) is 18.1 Å². The maximum atomic E-state index is 12.3. The van der Waals surface area contributed by atoms with E-state index in [1.807, 2.05) is 57.7 Å². The molecule has 1 aromatic rings. The molecule has 30 heavy (non-hydrogen) atoms. The first-order chi connectivity index (χ1) is 14.0. The molecule has 0 saturated carbocycles. The molecule has 0 unspecified atom stereocenters. The summed E-state index contributed by atoms with van der Waals surface area (Å²) >= 11 is 0. The van der Waals surface area contributed by atoms with Crippen LogP contribution in [0, 0.1) is 5.92 Å². The molecule has 3 rings (SSSR count). The van der Waals surface area contributed by atoms with E-state index in [4.69, 9.17) is 9.47 Å². The predicted molar refractivity (Wildman–Crippen MR) is 116 cm³/mol. The third-order valence-electron chi connectivity index (χ3n) is 5.39. The van der Waals surface area contributed by atoms with Gasteiger partial charge in [-0.1, -0.05) is 12.1 Å². The number of para-hydroxylation sites is 1. The Morgan fingerprint density at radius 3 is 2.60 bits per heavy atom. The highest BCUT2D eigenvalue weighted by molar-refractivity contribution is 5.77. The number of rotatable bonds is 5. The first kappa shape index (κ1) is 22.2. The molecule has 166 valence electrons. The van der Waals surface area contributed by atoms with Crippen molar-refractivity contribution in [2.24, 2.45) is 5.92 Å². The quantitative estimate of drug-likeness (QED) is 0.772. The van der Waals surface area contributed by atoms with Gasteiger partial charge in [0.2, 0.25) is 0 Å². The summed E-state index contributed by atoms with van der Waals surface area (Å²) in [7, 11) is 0. The molecule has 1 saturated heterocycles. The van der Waals surface area contributed by atoms with Gasteiger partial charge in [-0.25, -0.2) is 4.79 Å². The fourth-order valence-corrected chi connectivity index (χ4v) is 3.89. The van der Waals surface area contributed by atoms with Crippen LogP contribution in [0.4, 0.5) is 4.79 Å². The fraction of sp³-hybridized carbons (Fsp3) is 0.652. The summed E-state index contributed by atoms with van der Waals surface area (Å²) in [5, 5.41) is 5.96. The van der Waals surface area contributed by atoms with E-state index in [0.717, 1.165) is 30.6 Å².